The molecule has 0 saturated heterocycles. The smallest absolute Gasteiger partial charge is 0.408 e. The lowest BCUT2D eigenvalue weighted by molar-refractivity contribution is 0.220. The molecule has 4 heteroatoms. The first-order valence-corrected chi connectivity index (χ1v) is 6.01. The monoisotopic (exact) mass is 255 g/mol. The van der Waals surface area contributed by atoms with E-state index < -0.39 is 11.9 Å². The van der Waals surface area contributed by atoms with E-state index >= 15 is 0 Å². The predicted molar refractivity (Wildman–Crippen MR) is 72.1 cm³/mol. The summed E-state index contributed by atoms with van der Waals surface area (Å²) in [4.78, 5) is 13.7. The van der Waals surface area contributed by atoms with E-state index in [2.05, 4.69) is 4.98 Å². The molecule has 96 valence electrons. The summed E-state index contributed by atoms with van der Waals surface area (Å²) in [5, 5.41) is 10.4. The van der Waals surface area contributed by atoms with Gasteiger partial charge in [0.2, 0.25) is 0 Å². The van der Waals surface area contributed by atoms with Crippen LogP contribution in [-0.4, -0.2) is 10.1 Å². The number of aromatic amines is 1. The number of hydrogen-bond donors (Lipinski definition) is 2. The van der Waals surface area contributed by atoms with Gasteiger partial charge in [-0.3, -0.25) is 4.98 Å². The molecule has 1 unspecified atom stereocenters. The Morgan fingerprint density at radius 2 is 1.95 bits per heavy atom. The van der Waals surface area contributed by atoms with Crippen molar-refractivity contribution in [3.05, 3.63) is 69.7 Å². The maximum atomic E-state index is 11.1. The Labute approximate surface area is 109 Å². The number of aromatic nitrogens is 1. The van der Waals surface area contributed by atoms with Crippen molar-refractivity contribution in [2.24, 2.45) is 0 Å². The molecule has 1 heterocycles. The fourth-order valence-electron chi connectivity index (χ4n) is 2.16. The molecular formula is C15H13NO3. The van der Waals surface area contributed by atoms with E-state index in [1.807, 2.05) is 31.2 Å². The highest BCUT2D eigenvalue weighted by molar-refractivity contribution is 5.73. The van der Waals surface area contributed by atoms with Crippen LogP contribution in [0.4, 0.5) is 0 Å². The largest absolute Gasteiger partial charge is 0.417 e. The number of H-pyrrole nitrogens is 1. The van der Waals surface area contributed by atoms with Crippen molar-refractivity contribution < 1.29 is 9.52 Å². The first-order valence-electron chi connectivity index (χ1n) is 6.01. The number of hydrogen-bond acceptors (Lipinski definition) is 3. The first-order chi connectivity index (χ1) is 9.13. The fraction of sp³-hybridized carbons (Fsp3) is 0.133. The fourth-order valence-corrected chi connectivity index (χ4v) is 2.16. The van der Waals surface area contributed by atoms with Crippen LogP contribution < -0.4 is 5.76 Å². The summed E-state index contributed by atoms with van der Waals surface area (Å²) in [6.07, 6.45) is -0.732. The van der Waals surface area contributed by atoms with Crippen LogP contribution in [0.1, 0.15) is 22.8 Å². The first kappa shape index (κ1) is 11.7. The summed E-state index contributed by atoms with van der Waals surface area (Å²) < 4.78 is 5.00. The molecule has 3 rings (SSSR count). The van der Waals surface area contributed by atoms with Crippen LogP contribution in [0.5, 0.6) is 0 Å². The van der Waals surface area contributed by atoms with Crippen LogP contribution in [0.2, 0.25) is 0 Å². The summed E-state index contributed by atoms with van der Waals surface area (Å²) in [6, 6.07) is 12.9. The van der Waals surface area contributed by atoms with Gasteiger partial charge < -0.3 is 9.52 Å². The van der Waals surface area contributed by atoms with Crippen molar-refractivity contribution in [1.29, 1.82) is 0 Å². The highest BCUT2D eigenvalue weighted by atomic mass is 16.4. The van der Waals surface area contributed by atoms with Gasteiger partial charge in [0.15, 0.2) is 5.58 Å². The molecule has 3 aromatic rings. The highest BCUT2D eigenvalue weighted by Crippen LogP contribution is 2.25. The maximum Gasteiger partial charge on any atom is 0.417 e. The summed E-state index contributed by atoms with van der Waals surface area (Å²) in [7, 11) is 0. The Hall–Kier alpha value is -2.33. The minimum atomic E-state index is -0.732. The van der Waals surface area contributed by atoms with Gasteiger partial charge in [-0.25, -0.2) is 4.79 Å². The average Bonchev–Trinajstić information content (AvgIpc) is 2.76. The second-order valence-corrected chi connectivity index (χ2v) is 4.59. The van der Waals surface area contributed by atoms with Crippen LogP contribution in [-0.2, 0) is 0 Å². The summed E-state index contributed by atoms with van der Waals surface area (Å²) in [5.74, 6) is -0.489. The molecule has 0 fully saturated rings. The van der Waals surface area contributed by atoms with Gasteiger partial charge in [-0.05, 0) is 30.2 Å². The zero-order valence-electron chi connectivity index (χ0n) is 10.4. The zero-order valence-corrected chi connectivity index (χ0v) is 10.4. The zero-order chi connectivity index (χ0) is 13.4. The van der Waals surface area contributed by atoms with Gasteiger partial charge in [0.25, 0.3) is 0 Å². The SMILES string of the molecule is Cc1cccc(C(O)c2ccc3[nH]c(=O)oc3c2)c1. The molecule has 0 saturated carbocycles. The summed E-state index contributed by atoms with van der Waals surface area (Å²) in [5.41, 5.74) is 3.68. The number of fused-ring (bicyclic) bond motifs is 1. The lowest BCUT2D eigenvalue weighted by Crippen LogP contribution is -1.99. The van der Waals surface area contributed by atoms with Crippen LogP contribution in [0.15, 0.2) is 51.7 Å². The lowest BCUT2D eigenvalue weighted by Gasteiger charge is -2.11. The van der Waals surface area contributed by atoms with E-state index in [1.54, 1.807) is 18.2 Å². The number of rotatable bonds is 2. The molecule has 2 N–H and O–H groups in total. The van der Waals surface area contributed by atoms with Crippen LogP contribution in [0, 0.1) is 6.92 Å². The van der Waals surface area contributed by atoms with E-state index in [1.165, 1.54) is 0 Å². The molecular weight excluding hydrogens is 242 g/mol. The minimum Gasteiger partial charge on any atom is -0.408 e. The second kappa shape index (κ2) is 4.40. The molecule has 0 aliphatic carbocycles. The van der Waals surface area contributed by atoms with E-state index in [0.29, 0.717) is 16.7 Å². The normalized spacial score (nSPS) is 12.7. The number of aliphatic hydroxyl groups excluding tert-OH is 1. The van der Waals surface area contributed by atoms with Crippen molar-refractivity contribution in [2.45, 2.75) is 13.0 Å². The van der Waals surface area contributed by atoms with Gasteiger partial charge in [-0.15, -0.1) is 0 Å². The van der Waals surface area contributed by atoms with E-state index in [4.69, 9.17) is 4.42 Å². The lowest BCUT2D eigenvalue weighted by atomic mass is 10.00. The molecule has 1 atom stereocenters. The number of benzene rings is 2. The molecule has 19 heavy (non-hydrogen) atoms. The molecule has 0 spiro atoms. The number of aryl methyl sites for hydroxylation is 1. The van der Waals surface area contributed by atoms with Gasteiger partial charge >= 0.3 is 5.76 Å². The van der Waals surface area contributed by atoms with Crippen molar-refractivity contribution in [3.8, 4) is 0 Å². The number of nitrogens with one attached hydrogen (secondary N) is 1. The molecule has 0 amide bonds. The Balaban J connectivity index is 2.05. The number of oxazole rings is 1. The standard InChI is InChI=1S/C15H13NO3/c1-9-3-2-4-10(7-9)14(17)11-5-6-12-13(8-11)19-15(18)16-12/h2-8,14,17H,1H3,(H,16,18). The molecule has 2 aromatic carbocycles. The van der Waals surface area contributed by atoms with Crippen LogP contribution in [0.3, 0.4) is 0 Å². The quantitative estimate of drug-likeness (QED) is 0.739. The predicted octanol–water partition coefficient (Wildman–Crippen LogP) is 2.51. The third kappa shape index (κ3) is 2.18. The molecule has 0 aliphatic rings. The van der Waals surface area contributed by atoms with Gasteiger partial charge in [0.05, 0.1) is 5.52 Å². The maximum absolute atomic E-state index is 11.1. The van der Waals surface area contributed by atoms with Crippen molar-refractivity contribution in [3.63, 3.8) is 0 Å². The van der Waals surface area contributed by atoms with E-state index in [-0.39, 0.29) is 0 Å². The Bertz CT molecular complexity index is 785. The Morgan fingerprint density at radius 1 is 1.16 bits per heavy atom. The Kier molecular flexibility index (Phi) is 2.72. The molecule has 0 aliphatic heterocycles. The highest BCUT2D eigenvalue weighted by Gasteiger charge is 2.12. The number of aliphatic hydroxyl groups is 1. The third-order valence-electron chi connectivity index (χ3n) is 3.12. The van der Waals surface area contributed by atoms with Crippen LogP contribution >= 0.6 is 0 Å². The van der Waals surface area contributed by atoms with Gasteiger partial charge in [-0.1, -0.05) is 35.9 Å². The van der Waals surface area contributed by atoms with Crippen molar-refractivity contribution >= 4 is 11.1 Å². The summed E-state index contributed by atoms with van der Waals surface area (Å²) in [6.45, 7) is 1.98. The Morgan fingerprint density at radius 3 is 2.74 bits per heavy atom. The summed E-state index contributed by atoms with van der Waals surface area (Å²) >= 11 is 0. The minimum absolute atomic E-state index is 0.453. The van der Waals surface area contributed by atoms with Crippen LogP contribution in [0.25, 0.3) is 11.1 Å². The van der Waals surface area contributed by atoms with E-state index in [0.717, 1.165) is 11.1 Å². The van der Waals surface area contributed by atoms with Crippen molar-refractivity contribution in [2.75, 3.05) is 0 Å². The van der Waals surface area contributed by atoms with Gasteiger partial charge in [0, 0.05) is 0 Å². The molecule has 4 nitrogen and oxygen atoms in total. The average molecular weight is 255 g/mol. The second-order valence-electron chi connectivity index (χ2n) is 4.59. The third-order valence-corrected chi connectivity index (χ3v) is 3.12. The van der Waals surface area contributed by atoms with Gasteiger partial charge in [0.1, 0.15) is 6.10 Å². The van der Waals surface area contributed by atoms with E-state index in [9.17, 15) is 9.90 Å². The van der Waals surface area contributed by atoms with Gasteiger partial charge in [-0.2, -0.15) is 0 Å². The molecule has 1 aromatic heterocycles. The molecule has 0 radical (unpaired) electrons. The van der Waals surface area contributed by atoms with Crippen molar-refractivity contribution in [1.82, 2.24) is 4.98 Å². The molecule has 0 bridgehead atoms. The topological polar surface area (TPSA) is 66.2 Å².